The van der Waals surface area contributed by atoms with Gasteiger partial charge in [0.05, 0.1) is 10.1 Å². The van der Waals surface area contributed by atoms with Crippen molar-refractivity contribution in [3.05, 3.63) is 83.9 Å². The summed E-state index contributed by atoms with van der Waals surface area (Å²) in [5, 5.41) is 4.63. The Labute approximate surface area is 164 Å². The van der Waals surface area contributed by atoms with Gasteiger partial charge in [-0.2, -0.15) is 0 Å². The number of benzene rings is 3. The number of aromatic hydroxyl groups is 1. The number of phenolic OH excluding ortho intramolecular Hbond substituents is 1. The Morgan fingerprint density at radius 3 is 2.48 bits per heavy atom. The summed E-state index contributed by atoms with van der Waals surface area (Å²) in [5.74, 6) is 2.16. The van der Waals surface area contributed by atoms with Crippen molar-refractivity contribution in [1.82, 2.24) is 0 Å². The molecule has 138 valence electrons. The molecule has 27 heavy (non-hydrogen) atoms. The van der Waals surface area contributed by atoms with Gasteiger partial charge in [0.1, 0.15) is 23.4 Å². The lowest BCUT2D eigenvalue weighted by Crippen LogP contribution is -2.19. The molecule has 3 aromatic carbocycles. The highest BCUT2D eigenvalue weighted by Crippen LogP contribution is 2.53. The lowest BCUT2D eigenvalue weighted by molar-refractivity contribution is 0.0511. The summed E-state index contributed by atoms with van der Waals surface area (Å²) in [4.78, 5) is 1.12. The number of hydrogen-bond acceptors (Lipinski definition) is 5. The van der Waals surface area contributed by atoms with Crippen LogP contribution in [-0.4, -0.2) is 20.4 Å². The van der Waals surface area contributed by atoms with Crippen molar-refractivity contribution in [2.24, 2.45) is 0 Å². The Bertz CT molecular complexity index is 915. The van der Waals surface area contributed by atoms with Gasteiger partial charge < -0.3 is 19.3 Å². The fourth-order valence-corrected chi connectivity index (χ4v) is 4.36. The second-order valence-corrected chi connectivity index (χ2v) is 7.40. The third-order valence-electron chi connectivity index (χ3n) is 4.39. The normalized spacial score (nSPS) is 18.8. The molecule has 0 unspecified atom stereocenters. The van der Waals surface area contributed by atoms with Crippen LogP contribution in [0.15, 0.2) is 77.7 Å². The Balaban J connectivity index is 1.66. The van der Waals surface area contributed by atoms with Gasteiger partial charge in [-0.15, -0.1) is 11.8 Å². The minimum Gasteiger partial charge on any atom is -0.508 e. The van der Waals surface area contributed by atoms with Crippen LogP contribution >= 0.6 is 11.8 Å². The van der Waals surface area contributed by atoms with Crippen molar-refractivity contribution >= 4 is 11.8 Å². The van der Waals surface area contributed by atoms with E-state index in [4.69, 9.17) is 15.6 Å². The van der Waals surface area contributed by atoms with Crippen LogP contribution in [0.2, 0.25) is 0 Å². The van der Waals surface area contributed by atoms with Crippen LogP contribution in [0, 0.1) is 0 Å². The van der Waals surface area contributed by atoms with Crippen molar-refractivity contribution in [3.63, 3.8) is 0 Å². The Morgan fingerprint density at radius 1 is 1.00 bits per heavy atom. The zero-order valence-electron chi connectivity index (χ0n) is 15.8. The average Bonchev–Trinajstić information content (AvgIpc) is 2.77. The second-order valence-electron chi connectivity index (χ2n) is 6.21. The van der Waals surface area contributed by atoms with E-state index in [0.717, 1.165) is 27.5 Å². The fourth-order valence-electron chi connectivity index (χ4n) is 3.07. The number of phenols is 1. The first kappa shape index (κ1) is 16.5. The van der Waals surface area contributed by atoms with Gasteiger partial charge in [-0.3, -0.25) is 0 Å². The highest BCUT2D eigenvalue weighted by atomic mass is 32.2. The number of methoxy groups -OCH3 is 1. The predicted molar refractivity (Wildman–Crippen MR) is 105 cm³/mol. The van der Waals surface area contributed by atoms with E-state index in [1.165, 1.54) is 0 Å². The molecule has 1 heterocycles. The van der Waals surface area contributed by atoms with Crippen LogP contribution in [0.1, 0.15) is 22.5 Å². The van der Waals surface area contributed by atoms with Crippen LogP contribution in [-0.2, 0) is 4.74 Å². The molecule has 1 aliphatic rings. The molecule has 0 bridgehead atoms. The van der Waals surface area contributed by atoms with Crippen LogP contribution in [0.3, 0.4) is 0 Å². The predicted octanol–water partition coefficient (Wildman–Crippen LogP) is 5.34. The van der Waals surface area contributed by atoms with Gasteiger partial charge in [0.2, 0.25) is 0 Å². The Hall–Kier alpha value is -2.63. The highest BCUT2D eigenvalue weighted by molar-refractivity contribution is 7.99. The first-order valence-corrected chi connectivity index (χ1v) is 9.53. The molecule has 0 aliphatic carbocycles. The molecule has 0 fully saturated rings. The fraction of sp³-hybridized carbons (Fsp3) is 0.182. The van der Waals surface area contributed by atoms with Crippen molar-refractivity contribution in [3.8, 4) is 17.2 Å². The van der Waals surface area contributed by atoms with Gasteiger partial charge in [0, 0.05) is 7.11 Å². The summed E-state index contributed by atoms with van der Waals surface area (Å²) in [5.41, 5.74) is 2.18. The molecule has 0 spiro atoms. The maximum absolute atomic E-state index is 7.05. The van der Waals surface area contributed by atoms with E-state index in [2.05, 4.69) is 11.2 Å². The van der Waals surface area contributed by atoms with E-state index in [9.17, 15) is 0 Å². The molecule has 4 nitrogen and oxygen atoms in total. The highest BCUT2D eigenvalue weighted by Gasteiger charge is 2.33. The Kier molecular flexibility index (Phi) is 4.87. The Morgan fingerprint density at radius 2 is 1.74 bits per heavy atom. The zero-order valence-corrected chi connectivity index (χ0v) is 15.6. The second kappa shape index (κ2) is 7.94. The van der Waals surface area contributed by atoms with Crippen molar-refractivity contribution in [1.29, 1.82) is 1.43 Å². The van der Waals surface area contributed by atoms with Crippen molar-refractivity contribution < 1.29 is 19.3 Å². The van der Waals surface area contributed by atoms with Gasteiger partial charge in [-0.05, 0) is 47.5 Å². The molecule has 0 amide bonds. The van der Waals surface area contributed by atoms with E-state index in [1.54, 1.807) is 18.9 Å². The van der Waals surface area contributed by atoms with Crippen molar-refractivity contribution in [2.75, 3.05) is 13.9 Å². The molecule has 0 saturated carbocycles. The molecule has 1 N–H and O–H groups in total. The van der Waals surface area contributed by atoms with E-state index >= 15 is 0 Å². The van der Waals surface area contributed by atoms with E-state index in [1.807, 2.05) is 66.7 Å². The standard InChI is InChI=1S/C22H20O4S/c1-24-14-25-18-12-8-15(9-13-18)21-22(16-6-10-17(23)11-7-16)27-20-5-3-2-4-19(20)26-21/h2-13,21-23H,14H2,1H3/t21-,22+/m1/s1/i/hT. The number of para-hydroxylation sites is 1. The third-order valence-corrected chi connectivity index (χ3v) is 5.76. The van der Waals surface area contributed by atoms with E-state index in [-0.39, 0.29) is 18.1 Å². The molecule has 0 radical (unpaired) electrons. The summed E-state index contributed by atoms with van der Waals surface area (Å²) < 4.78 is 23.9. The number of ether oxygens (including phenoxy) is 3. The van der Waals surface area contributed by atoms with Gasteiger partial charge in [-0.25, -0.2) is 0 Å². The zero-order chi connectivity index (χ0) is 19.3. The number of thioether (sulfide) groups is 1. The maximum Gasteiger partial charge on any atom is 0.293 e. The summed E-state index contributed by atoms with van der Waals surface area (Å²) in [7, 11) is 1.60. The minimum atomic E-state index is -0.154. The molecular weight excluding hydrogens is 360 g/mol. The average molecular weight is 382 g/mol. The number of rotatable bonds is 6. The van der Waals surface area contributed by atoms with Crippen LogP contribution < -0.4 is 9.47 Å². The third kappa shape index (κ3) is 3.89. The monoisotopic (exact) mass is 382 g/mol. The topological polar surface area (TPSA) is 47.9 Å². The SMILES string of the molecule is [3H]Oc1ccc([C@@H]2Sc3ccccc3O[C@@H]2c2ccc(OCOC)cc2)cc1. The van der Waals surface area contributed by atoms with Gasteiger partial charge in [-0.1, -0.05) is 36.4 Å². The molecular formula is C22H20O4S. The smallest absolute Gasteiger partial charge is 0.293 e. The first-order valence-electron chi connectivity index (χ1n) is 9.06. The molecule has 0 aromatic heterocycles. The molecule has 4 rings (SSSR count). The molecule has 3 aromatic rings. The minimum absolute atomic E-state index is 0.0698. The van der Waals surface area contributed by atoms with E-state index in [0.29, 0.717) is 5.75 Å². The van der Waals surface area contributed by atoms with Crippen LogP contribution in [0.4, 0.5) is 0 Å². The molecule has 5 heteroatoms. The largest absolute Gasteiger partial charge is 0.508 e. The first-order chi connectivity index (χ1) is 13.8. The summed E-state index contributed by atoms with van der Waals surface area (Å²) >= 11 is 1.78. The van der Waals surface area contributed by atoms with Crippen molar-refractivity contribution in [2.45, 2.75) is 16.2 Å². The van der Waals surface area contributed by atoms with Gasteiger partial charge >= 0.3 is 0 Å². The molecule has 0 saturated heterocycles. The van der Waals surface area contributed by atoms with E-state index < -0.39 is 0 Å². The van der Waals surface area contributed by atoms with Gasteiger partial charge in [0.25, 0.3) is 1.43 Å². The lowest BCUT2D eigenvalue weighted by Gasteiger charge is -2.33. The van der Waals surface area contributed by atoms with Gasteiger partial charge in [0.15, 0.2) is 6.79 Å². The maximum atomic E-state index is 7.05. The quantitative estimate of drug-likeness (QED) is 0.583. The number of hydrogen-bond donors (Lipinski definition) is 1. The lowest BCUT2D eigenvalue weighted by atomic mass is 10.00. The summed E-state index contributed by atoms with van der Waals surface area (Å²) in [6.07, 6.45) is -0.154. The number of fused-ring (bicyclic) bond motifs is 1. The van der Waals surface area contributed by atoms with Crippen LogP contribution in [0.25, 0.3) is 0 Å². The van der Waals surface area contributed by atoms with Crippen LogP contribution in [0.5, 0.6) is 17.2 Å². The summed E-state index contributed by atoms with van der Waals surface area (Å²) in [6, 6.07) is 23.6. The molecule has 1 aliphatic heterocycles. The molecule has 2 atom stereocenters. The summed E-state index contributed by atoms with van der Waals surface area (Å²) in [6.45, 7) is 0.218.